The minimum absolute atomic E-state index is 0. The third-order valence-corrected chi connectivity index (χ3v) is 5.55. The Balaban J connectivity index is 0.00000272. The van der Waals surface area contributed by atoms with Gasteiger partial charge in [0.05, 0.1) is 5.56 Å². The average molecular weight is 452 g/mol. The molecule has 2 aromatic heterocycles. The van der Waals surface area contributed by atoms with Gasteiger partial charge in [-0.15, -0.1) is 17.5 Å². The number of anilines is 1. The van der Waals surface area contributed by atoms with Crippen molar-refractivity contribution in [2.75, 3.05) is 18.9 Å². The fourth-order valence-electron chi connectivity index (χ4n) is 3.80. The first-order chi connectivity index (χ1) is 14.4. The Morgan fingerprint density at radius 3 is 2.61 bits per heavy atom. The van der Waals surface area contributed by atoms with Crippen LogP contribution in [0.2, 0.25) is 0 Å². The number of halogens is 1. The van der Waals surface area contributed by atoms with Gasteiger partial charge in [0.25, 0.3) is 11.5 Å². The molecule has 2 aromatic rings. The van der Waals surface area contributed by atoms with E-state index in [0.29, 0.717) is 23.7 Å². The zero-order valence-corrected chi connectivity index (χ0v) is 18.7. The molecule has 1 saturated carbocycles. The van der Waals surface area contributed by atoms with Crippen LogP contribution in [0.1, 0.15) is 55.5 Å². The number of hydrogen-bond acceptors (Lipinski definition) is 6. The molecule has 31 heavy (non-hydrogen) atoms. The van der Waals surface area contributed by atoms with Crippen molar-refractivity contribution in [2.45, 2.75) is 52.1 Å². The Kier molecular flexibility index (Phi) is 6.96. The van der Waals surface area contributed by atoms with Crippen LogP contribution in [-0.4, -0.2) is 44.5 Å². The van der Waals surface area contributed by atoms with Crippen molar-refractivity contribution in [3.05, 3.63) is 27.6 Å². The van der Waals surface area contributed by atoms with Crippen molar-refractivity contribution in [3.63, 3.8) is 0 Å². The summed E-state index contributed by atoms with van der Waals surface area (Å²) >= 11 is 0. The third-order valence-electron chi connectivity index (χ3n) is 5.55. The molecular formula is C21H30ClN5O4. The maximum absolute atomic E-state index is 13.1. The number of hydrogen-bond donors (Lipinski definition) is 3. The second-order valence-corrected chi connectivity index (χ2v) is 8.60. The molecule has 4 rings (SSSR count). The molecule has 2 aliphatic rings. The van der Waals surface area contributed by atoms with Crippen LogP contribution in [0.5, 0.6) is 5.88 Å². The Labute approximate surface area is 186 Å². The topological polar surface area (TPSA) is 124 Å². The summed E-state index contributed by atoms with van der Waals surface area (Å²) in [4.78, 5) is 25.7. The standard InChI is InChI=1S/C21H29N5O4.ClH/c1-12(2)11-25-19-15(6-3-13-7-9-30-10-8-13)17(22)24-26(19)21(29)16(20(25)28)18(27)23-14-4-5-14;/h3,6,12-14,28H,4-5,7-11H2,1-2H3,(H2,22,24)(H,23,27);1H/b6-3+;. The monoisotopic (exact) mass is 451 g/mol. The van der Waals surface area contributed by atoms with E-state index < -0.39 is 11.5 Å². The molecule has 4 N–H and O–H groups in total. The smallest absolute Gasteiger partial charge is 0.291 e. The van der Waals surface area contributed by atoms with E-state index in [0.717, 1.165) is 43.4 Å². The van der Waals surface area contributed by atoms with E-state index in [1.54, 1.807) is 4.57 Å². The Morgan fingerprint density at radius 1 is 1.32 bits per heavy atom. The predicted molar refractivity (Wildman–Crippen MR) is 121 cm³/mol. The van der Waals surface area contributed by atoms with Crippen LogP contribution in [0.3, 0.4) is 0 Å². The first-order valence-corrected chi connectivity index (χ1v) is 10.6. The number of rotatable bonds is 6. The predicted octanol–water partition coefficient (Wildman–Crippen LogP) is 2.19. The highest BCUT2D eigenvalue weighted by Gasteiger charge is 2.30. The number of aromatic nitrogens is 3. The molecule has 170 valence electrons. The maximum Gasteiger partial charge on any atom is 0.291 e. The van der Waals surface area contributed by atoms with Crippen LogP contribution < -0.4 is 16.6 Å². The number of nitrogens with zero attached hydrogens (tertiary/aromatic N) is 3. The average Bonchev–Trinajstić information content (AvgIpc) is 3.45. The van der Waals surface area contributed by atoms with Gasteiger partial charge in [0.1, 0.15) is 0 Å². The van der Waals surface area contributed by atoms with Crippen LogP contribution >= 0.6 is 12.4 Å². The molecule has 1 aliphatic carbocycles. The highest BCUT2D eigenvalue weighted by Crippen LogP contribution is 2.28. The molecular weight excluding hydrogens is 422 g/mol. The summed E-state index contributed by atoms with van der Waals surface area (Å²) in [6.45, 7) is 5.84. The van der Waals surface area contributed by atoms with Crippen molar-refractivity contribution in [2.24, 2.45) is 11.8 Å². The SMILES string of the molecule is CC(C)Cn1c(O)c(C(=O)NC2CC2)c(=O)n2nc(N)c(/C=C/C3CCOCC3)c12.Cl. The van der Waals surface area contributed by atoms with Crippen molar-refractivity contribution >= 4 is 35.9 Å². The summed E-state index contributed by atoms with van der Waals surface area (Å²) < 4.78 is 8.11. The molecule has 1 aliphatic heterocycles. The molecule has 1 amide bonds. The molecule has 3 heterocycles. The zero-order valence-electron chi connectivity index (χ0n) is 17.8. The number of fused-ring (bicyclic) bond motifs is 1. The van der Waals surface area contributed by atoms with E-state index in [9.17, 15) is 14.7 Å². The molecule has 0 aromatic carbocycles. The molecule has 0 spiro atoms. The van der Waals surface area contributed by atoms with Crippen molar-refractivity contribution < 1.29 is 14.6 Å². The Hall–Kier alpha value is -2.52. The van der Waals surface area contributed by atoms with Gasteiger partial charge in [-0.2, -0.15) is 4.52 Å². The summed E-state index contributed by atoms with van der Waals surface area (Å²) in [7, 11) is 0. The number of nitrogens with two attached hydrogens (primary N) is 1. The first-order valence-electron chi connectivity index (χ1n) is 10.6. The van der Waals surface area contributed by atoms with E-state index in [2.05, 4.69) is 16.5 Å². The van der Waals surface area contributed by atoms with Crippen molar-refractivity contribution in [3.8, 4) is 5.88 Å². The summed E-state index contributed by atoms with van der Waals surface area (Å²) in [5, 5.41) is 17.9. The zero-order chi connectivity index (χ0) is 21.4. The molecule has 0 atom stereocenters. The van der Waals surface area contributed by atoms with Crippen LogP contribution in [-0.2, 0) is 11.3 Å². The fraction of sp³-hybridized carbons (Fsp3) is 0.571. The number of amides is 1. The van der Waals surface area contributed by atoms with E-state index >= 15 is 0 Å². The highest BCUT2D eigenvalue weighted by atomic mass is 35.5. The molecule has 1 saturated heterocycles. The Bertz CT molecular complexity index is 1050. The highest BCUT2D eigenvalue weighted by molar-refractivity contribution is 5.97. The number of ether oxygens (including phenoxy) is 1. The van der Waals surface area contributed by atoms with Crippen LogP contribution in [0.25, 0.3) is 11.7 Å². The lowest BCUT2D eigenvalue weighted by Crippen LogP contribution is -2.34. The summed E-state index contributed by atoms with van der Waals surface area (Å²) in [6, 6.07) is 0.0613. The van der Waals surface area contributed by atoms with Crippen LogP contribution in [0.4, 0.5) is 5.82 Å². The second-order valence-electron chi connectivity index (χ2n) is 8.60. The summed E-state index contributed by atoms with van der Waals surface area (Å²) in [6.07, 6.45) is 7.53. The third kappa shape index (κ3) is 4.72. The molecule has 0 radical (unpaired) electrons. The van der Waals surface area contributed by atoms with Crippen molar-refractivity contribution in [1.82, 2.24) is 19.5 Å². The molecule has 0 unspecified atom stereocenters. The molecule has 0 bridgehead atoms. The van der Waals surface area contributed by atoms with E-state index in [4.69, 9.17) is 10.5 Å². The summed E-state index contributed by atoms with van der Waals surface area (Å²) in [5.41, 5.74) is 6.17. The van der Waals surface area contributed by atoms with Gasteiger partial charge in [0.2, 0.25) is 5.88 Å². The molecule has 10 heteroatoms. The Morgan fingerprint density at radius 2 is 2.00 bits per heavy atom. The lowest BCUT2D eigenvalue weighted by Gasteiger charge is -2.19. The van der Waals surface area contributed by atoms with Gasteiger partial charge >= 0.3 is 0 Å². The maximum atomic E-state index is 13.1. The number of carbonyl (C=O) groups excluding carboxylic acids is 1. The first kappa shape index (κ1) is 23.1. The molecule has 9 nitrogen and oxygen atoms in total. The van der Waals surface area contributed by atoms with Gasteiger partial charge in [-0.3, -0.25) is 14.2 Å². The largest absolute Gasteiger partial charge is 0.494 e. The van der Waals surface area contributed by atoms with Gasteiger partial charge in [-0.05, 0) is 37.5 Å². The number of nitrogen functional groups attached to an aromatic ring is 1. The van der Waals surface area contributed by atoms with Gasteiger partial charge in [0.15, 0.2) is 17.0 Å². The fourth-order valence-corrected chi connectivity index (χ4v) is 3.80. The lowest BCUT2D eigenvalue weighted by atomic mass is 9.99. The van der Waals surface area contributed by atoms with E-state index in [1.165, 1.54) is 0 Å². The van der Waals surface area contributed by atoms with Gasteiger partial charge < -0.3 is 20.9 Å². The number of allylic oxidation sites excluding steroid dienone is 1. The summed E-state index contributed by atoms with van der Waals surface area (Å²) in [5.74, 6) is -0.222. The minimum atomic E-state index is -0.668. The van der Waals surface area contributed by atoms with Gasteiger partial charge in [-0.1, -0.05) is 26.0 Å². The number of carbonyl (C=O) groups is 1. The van der Waals surface area contributed by atoms with Crippen LogP contribution in [0.15, 0.2) is 10.9 Å². The number of nitrogens with one attached hydrogen (secondary N) is 1. The quantitative estimate of drug-likeness (QED) is 0.618. The van der Waals surface area contributed by atoms with Crippen molar-refractivity contribution in [1.29, 1.82) is 0 Å². The lowest BCUT2D eigenvalue weighted by molar-refractivity contribution is 0.0787. The van der Waals surface area contributed by atoms with Gasteiger partial charge in [-0.25, -0.2) is 0 Å². The van der Waals surface area contributed by atoms with E-state index in [1.807, 2.05) is 19.9 Å². The molecule has 2 fully saturated rings. The van der Waals surface area contributed by atoms with Gasteiger partial charge in [0, 0.05) is 25.8 Å². The minimum Gasteiger partial charge on any atom is -0.494 e. The van der Waals surface area contributed by atoms with Crippen LogP contribution in [0, 0.1) is 11.8 Å². The normalized spacial score (nSPS) is 17.4. The second kappa shape index (κ2) is 9.32. The van der Waals surface area contributed by atoms with E-state index in [-0.39, 0.29) is 41.6 Å². The number of aromatic hydroxyl groups is 1.